The van der Waals surface area contributed by atoms with Crippen LogP contribution in [0, 0.1) is 0 Å². The van der Waals surface area contributed by atoms with Crippen LogP contribution in [0.2, 0.25) is 0 Å². The molecule has 96 valence electrons. The summed E-state index contributed by atoms with van der Waals surface area (Å²) in [7, 11) is 0. The molecule has 1 fully saturated rings. The Kier molecular flexibility index (Phi) is 4.57. The summed E-state index contributed by atoms with van der Waals surface area (Å²) in [5.41, 5.74) is 1.29. The second kappa shape index (κ2) is 6.17. The van der Waals surface area contributed by atoms with Gasteiger partial charge in [-0.1, -0.05) is 6.92 Å². The average Bonchev–Trinajstić information content (AvgIpc) is 2.71. The Bertz CT molecular complexity index is 331. The highest BCUT2D eigenvalue weighted by Crippen LogP contribution is 2.35. The van der Waals surface area contributed by atoms with E-state index in [0.717, 1.165) is 32.5 Å². The van der Waals surface area contributed by atoms with Gasteiger partial charge >= 0.3 is 0 Å². The first kappa shape index (κ1) is 12.6. The molecule has 4 heteroatoms. The molecule has 0 aromatic carbocycles. The van der Waals surface area contributed by atoms with E-state index in [9.17, 15) is 0 Å². The number of hydrogen-bond acceptors (Lipinski definition) is 3. The topological polar surface area (TPSA) is 39.1 Å². The van der Waals surface area contributed by atoms with Gasteiger partial charge in [0.05, 0.1) is 18.1 Å². The van der Waals surface area contributed by atoms with Gasteiger partial charge in [-0.15, -0.1) is 0 Å². The van der Waals surface area contributed by atoms with Gasteiger partial charge in [0.2, 0.25) is 0 Å². The minimum atomic E-state index is 0.462. The van der Waals surface area contributed by atoms with E-state index in [4.69, 9.17) is 4.74 Å². The van der Waals surface area contributed by atoms with Crippen LogP contribution in [0.3, 0.4) is 0 Å². The van der Waals surface area contributed by atoms with Gasteiger partial charge in [-0.3, -0.25) is 0 Å². The van der Waals surface area contributed by atoms with Crippen LogP contribution in [0.15, 0.2) is 12.5 Å². The molecule has 0 saturated heterocycles. The van der Waals surface area contributed by atoms with Gasteiger partial charge in [-0.25, -0.2) is 4.98 Å². The maximum atomic E-state index is 5.60. The van der Waals surface area contributed by atoms with Crippen molar-refractivity contribution in [3.05, 3.63) is 18.2 Å². The zero-order valence-corrected chi connectivity index (χ0v) is 10.9. The molecule has 1 aromatic heterocycles. The maximum absolute atomic E-state index is 5.60. The van der Waals surface area contributed by atoms with Crippen LogP contribution in [0.4, 0.5) is 0 Å². The molecule has 1 N–H and O–H groups in total. The summed E-state index contributed by atoms with van der Waals surface area (Å²) in [6.07, 6.45) is 7.82. The highest BCUT2D eigenvalue weighted by atomic mass is 16.5. The fraction of sp³-hybridized carbons (Fsp3) is 0.769. The lowest BCUT2D eigenvalue weighted by Crippen LogP contribution is -2.34. The summed E-state index contributed by atoms with van der Waals surface area (Å²) in [5.74, 6) is 0. The summed E-state index contributed by atoms with van der Waals surface area (Å²) in [6.45, 7) is 7.06. The van der Waals surface area contributed by atoms with Crippen LogP contribution in [0.5, 0.6) is 0 Å². The Morgan fingerprint density at radius 2 is 2.29 bits per heavy atom. The molecule has 4 nitrogen and oxygen atoms in total. The van der Waals surface area contributed by atoms with Crippen molar-refractivity contribution in [2.24, 2.45) is 0 Å². The van der Waals surface area contributed by atoms with Crippen molar-refractivity contribution in [2.75, 3.05) is 13.2 Å². The lowest BCUT2D eigenvalue weighted by molar-refractivity contribution is -0.0203. The minimum Gasteiger partial charge on any atom is -0.378 e. The van der Waals surface area contributed by atoms with Crippen LogP contribution in [-0.2, 0) is 11.3 Å². The zero-order chi connectivity index (χ0) is 12.1. The van der Waals surface area contributed by atoms with Crippen molar-refractivity contribution in [2.45, 2.75) is 51.8 Å². The largest absolute Gasteiger partial charge is 0.378 e. The average molecular weight is 237 g/mol. The molecule has 17 heavy (non-hydrogen) atoms. The minimum absolute atomic E-state index is 0.462. The third-order valence-electron chi connectivity index (χ3n) is 3.34. The number of ether oxygens (including phenoxy) is 1. The molecule has 1 aliphatic carbocycles. The highest BCUT2D eigenvalue weighted by Gasteiger charge is 2.31. The standard InChI is InChI=1S/C13H23N3O/c1-3-5-14-8-12-9-15-10-16(12)11-6-13(7-11)17-4-2/h9-11,13-14H,3-8H2,1-2H3. The molecular formula is C13H23N3O. The summed E-state index contributed by atoms with van der Waals surface area (Å²) in [6, 6.07) is 0.590. The van der Waals surface area contributed by atoms with E-state index in [-0.39, 0.29) is 0 Å². The molecule has 0 amide bonds. The van der Waals surface area contributed by atoms with Crippen LogP contribution in [-0.4, -0.2) is 28.8 Å². The Labute approximate surface area is 103 Å². The van der Waals surface area contributed by atoms with Crippen LogP contribution < -0.4 is 5.32 Å². The molecule has 2 rings (SSSR count). The molecule has 0 aliphatic heterocycles. The number of imidazole rings is 1. The lowest BCUT2D eigenvalue weighted by atomic mass is 9.89. The van der Waals surface area contributed by atoms with Crippen molar-refractivity contribution >= 4 is 0 Å². The van der Waals surface area contributed by atoms with Gasteiger partial charge in [-0.2, -0.15) is 0 Å². The van der Waals surface area contributed by atoms with E-state index in [1.165, 1.54) is 12.1 Å². The fourth-order valence-electron chi connectivity index (χ4n) is 2.33. The third-order valence-corrected chi connectivity index (χ3v) is 3.34. The van der Waals surface area contributed by atoms with E-state index in [0.29, 0.717) is 12.1 Å². The van der Waals surface area contributed by atoms with Crippen LogP contribution >= 0.6 is 0 Å². The molecule has 0 bridgehead atoms. The molecule has 1 saturated carbocycles. The van der Waals surface area contributed by atoms with E-state index in [2.05, 4.69) is 28.7 Å². The van der Waals surface area contributed by atoms with E-state index >= 15 is 0 Å². The van der Waals surface area contributed by atoms with Crippen molar-refractivity contribution in [3.63, 3.8) is 0 Å². The molecule has 0 unspecified atom stereocenters. The first-order valence-electron chi connectivity index (χ1n) is 6.68. The van der Waals surface area contributed by atoms with E-state index in [1.54, 1.807) is 0 Å². The number of hydrogen-bond donors (Lipinski definition) is 1. The molecular weight excluding hydrogens is 214 g/mol. The van der Waals surface area contributed by atoms with Crippen molar-refractivity contribution < 1.29 is 4.74 Å². The quantitative estimate of drug-likeness (QED) is 0.738. The summed E-state index contributed by atoms with van der Waals surface area (Å²) in [4.78, 5) is 4.26. The van der Waals surface area contributed by atoms with Crippen LogP contribution in [0.1, 0.15) is 44.8 Å². The van der Waals surface area contributed by atoms with Gasteiger partial charge in [-0.05, 0) is 32.7 Å². The number of nitrogens with one attached hydrogen (secondary N) is 1. The molecule has 0 radical (unpaired) electrons. The van der Waals surface area contributed by atoms with Crippen LogP contribution in [0.25, 0.3) is 0 Å². The van der Waals surface area contributed by atoms with E-state index < -0.39 is 0 Å². The Morgan fingerprint density at radius 3 is 3.00 bits per heavy atom. The molecule has 1 heterocycles. The third kappa shape index (κ3) is 3.07. The summed E-state index contributed by atoms with van der Waals surface area (Å²) < 4.78 is 7.90. The molecule has 0 spiro atoms. The Balaban J connectivity index is 1.83. The van der Waals surface area contributed by atoms with Gasteiger partial charge in [0.1, 0.15) is 0 Å². The smallest absolute Gasteiger partial charge is 0.0951 e. The Hall–Kier alpha value is -0.870. The first-order chi connectivity index (χ1) is 8.35. The van der Waals surface area contributed by atoms with Gasteiger partial charge in [0.25, 0.3) is 0 Å². The summed E-state index contributed by atoms with van der Waals surface area (Å²) in [5, 5.41) is 3.43. The van der Waals surface area contributed by atoms with Gasteiger partial charge in [0.15, 0.2) is 0 Å². The molecule has 1 aliphatic rings. The first-order valence-corrected chi connectivity index (χ1v) is 6.68. The van der Waals surface area contributed by atoms with Gasteiger partial charge < -0.3 is 14.6 Å². The normalized spacial score (nSPS) is 23.6. The second-order valence-electron chi connectivity index (χ2n) is 4.67. The molecule has 1 aromatic rings. The highest BCUT2D eigenvalue weighted by molar-refractivity contribution is 5.03. The zero-order valence-electron chi connectivity index (χ0n) is 10.9. The number of nitrogens with zero attached hydrogens (tertiary/aromatic N) is 2. The molecule has 0 atom stereocenters. The predicted octanol–water partition coefficient (Wildman–Crippen LogP) is 2.12. The monoisotopic (exact) mass is 237 g/mol. The Morgan fingerprint density at radius 1 is 1.47 bits per heavy atom. The SMILES string of the molecule is CCCNCc1cncn1C1CC(OCC)C1. The number of aromatic nitrogens is 2. The predicted molar refractivity (Wildman–Crippen MR) is 67.9 cm³/mol. The second-order valence-corrected chi connectivity index (χ2v) is 4.67. The lowest BCUT2D eigenvalue weighted by Gasteiger charge is -2.36. The maximum Gasteiger partial charge on any atom is 0.0951 e. The van der Waals surface area contributed by atoms with Crippen molar-refractivity contribution in [1.29, 1.82) is 0 Å². The fourth-order valence-corrected chi connectivity index (χ4v) is 2.33. The number of rotatable bonds is 7. The van der Waals surface area contributed by atoms with Crippen molar-refractivity contribution in [3.8, 4) is 0 Å². The van der Waals surface area contributed by atoms with E-state index in [1.807, 2.05) is 12.5 Å². The summed E-state index contributed by atoms with van der Waals surface area (Å²) >= 11 is 0. The van der Waals surface area contributed by atoms with Gasteiger partial charge in [0, 0.05) is 25.4 Å². The van der Waals surface area contributed by atoms with Crippen molar-refractivity contribution in [1.82, 2.24) is 14.9 Å².